The van der Waals surface area contributed by atoms with Gasteiger partial charge in [-0.3, -0.25) is 4.79 Å². The molecule has 0 spiro atoms. The zero-order valence-electron chi connectivity index (χ0n) is 14.8. The van der Waals surface area contributed by atoms with E-state index in [9.17, 15) is 4.79 Å². The molecular weight excluding hydrogens is 300 g/mol. The van der Waals surface area contributed by atoms with Gasteiger partial charge in [-0.1, -0.05) is 39.0 Å². The van der Waals surface area contributed by atoms with Crippen molar-refractivity contribution in [3.8, 4) is 5.75 Å². The number of carbonyl (C=O) groups is 1. The van der Waals surface area contributed by atoms with E-state index in [0.29, 0.717) is 0 Å². The van der Waals surface area contributed by atoms with Gasteiger partial charge < -0.3 is 15.4 Å². The number of hydrogen-bond donors (Lipinski definition) is 2. The molecule has 4 heteroatoms. The number of methoxy groups -OCH3 is 1. The molecular formula is C20H26N2O2. The zero-order chi connectivity index (χ0) is 17.6. The largest absolute Gasteiger partial charge is 0.496 e. The number of rotatable bonds is 6. The second kappa shape index (κ2) is 7.86. The van der Waals surface area contributed by atoms with Crippen LogP contribution in [0.25, 0.3) is 0 Å². The summed E-state index contributed by atoms with van der Waals surface area (Å²) >= 11 is 0. The van der Waals surface area contributed by atoms with Crippen LogP contribution in [0.2, 0.25) is 0 Å². The standard InChI is InChI=1S/C20H26N2O2/c1-20(2,3)19(23)22-17-11-9-16(10-12-17)21-14-13-15-7-5-6-8-18(15)24-4/h5-12,21H,13-14H2,1-4H3,(H,22,23). The first-order chi connectivity index (χ1) is 11.4. The Bertz CT molecular complexity index is 673. The predicted molar refractivity (Wildman–Crippen MR) is 99.7 cm³/mol. The van der Waals surface area contributed by atoms with Crippen molar-refractivity contribution in [2.75, 3.05) is 24.3 Å². The zero-order valence-corrected chi connectivity index (χ0v) is 14.8. The van der Waals surface area contributed by atoms with Crippen molar-refractivity contribution in [3.05, 3.63) is 54.1 Å². The summed E-state index contributed by atoms with van der Waals surface area (Å²) in [7, 11) is 1.69. The molecule has 0 aliphatic rings. The summed E-state index contributed by atoms with van der Waals surface area (Å²) in [6.07, 6.45) is 0.881. The van der Waals surface area contributed by atoms with Gasteiger partial charge in [0.2, 0.25) is 5.91 Å². The van der Waals surface area contributed by atoms with Gasteiger partial charge in [0.05, 0.1) is 7.11 Å². The number of nitrogens with one attached hydrogen (secondary N) is 2. The van der Waals surface area contributed by atoms with Crippen molar-refractivity contribution < 1.29 is 9.53 Å². The Morgan fingerprint density at radius 2 is 1.62 bits per heavy atom. The third-order valence-corrected chi connectivity index (χ3v) is 3.74. The lowest BCUT2D eigenvalue weighted by Crippen LogP contribution is -2.27. The molecule has 2 N–H and O–H groups in total. The maximum absolute atomic E-state index is 12.0. The van der Waals surface area contributed by atoms with E-state index in [2.05, 4.69) is 16.7 Å². The van der Waals surface area contributed by atoms with Gasteiger partial charge >= 0.3 is 0 Å². The van der Waals surface area contributed by atoms with E-state index in [1.54, 1.807) is 7.11 Å². The third-order valence-electron chi connectivity index (χ3n) is 3.74. The summed E-state index contributed by atoms with van der Waals surface area (Å²) in [5, 5.41) is 6.31. The minimum atomic E-state index is -0.397. The predicted octanol–water partition coefficient (Wildman–Crippen LogP) is 4.33. The van der Waals surface area contributed by atoms with Gasteiger partial charge in [0.15, 0.2) is 0 Å². The SMILES string of the molecule is COc1ccccc1CCNc1ccc(NC(=O)C(C)(C)C)cc1. The number of anilines is 2. The smallest absolute Gasteiger partial charge is 0.229 e. The van der Waals surface area contributed by atoms with E-state index in [4.69, 9.17) is 4.74 Å². The molecule has 0 unspecified atom stereocenters. The highest BCUT2D eigenvalue weighted by atomic mass is 16.5. The molecule has 0 aliphatic heterocycles. The molecule has 4 nitrogen and oxygen atoms in total. The first-order valence-electron chi connectivity index (χ1n) is 8.17. The first kappa shape index (κ1) is 17.9. The highest BCUT2D eigenvalue weighted by Crippen LogP contribution is 2.20. The van der Waals surface area contributed by atoms with Gasteiger partial charge in [-0.15, -0.1) is 0 Å². The Hall–Kier alpha value is -2.49. The molecule has 2 rings (SSSR count). The van der Waals surface area contributed by atoms with E-state index in [0.717, 1.165) is 30.1 Å². The van der Waals surface area contributed by atoms with Crippen molar-refractivity contribution in [1.29, 1.82) is 0 Å². The molecule has 0 atom stereocenters. The lowest BCUT2D eigenvalue weighted by atomic mass is 9.95. The topological polar surface area (TPSA) is 50.4 Å². The van der Waals surface area contributed by atoms with Crippen molar-refractivity contribution >= 4 is 17.3 Å². The van der Waals surface area contributed by atoms with Crippen molar-refractivity contribution in [1.82, 2.24) is 0 Å². The highest BCUT2D eigenvalue weighted by molar-refractivity contribution is 5.94. The van der Waals surface area contributed by atoms with Crippen LogP contribution < -0.4 is 15.4 Å². The number of amides is 1. The summed E-state index contributed by atoms with van der Waals surface area (Å²) in [5.74, 6) is 0.930. The van der Waals surface area contributed by atoms with Gasteiger partial charge in [-0.05, 0) is 42.3 Å². The molecule has 0 fully saturated rings. The van der Waals surface area contributed by atoms with Crippen LogP contribution in [0.5, 0.6) is 5.75 Å². The van der Waals surface area contributed by atoms with Crippen molar-refractivity contribution in [2.24, 2.45) is 5.41 Å². The molecule has 128 valence electrons. The van der Waals surface area contributed by atoms with E-state index in [1.165, 1.54) is 5.56 Å². The molecule has 0 saturated heterocycles. The Kier molecular flexibility index (Phi) is 5.85. The van der Waals surface area contributed by atoms with E-state index >= 15 is 0 Å². The van der Waals surface area contributed by atoms with Crippen molar-refractivity contribution in [2.45, 2.75) is 27.2 Å². The lowest BCUT2D eigenvalue weighted by Gasteiger charge is -2.17. The average Bonchev–Trinajstić information content (AvgIpc) is 2.56. The van der Waals surface area contributed by atoms with E-state index in [-0.39, 0.29) is 5.91 Å². The second-order valence-electron chi connectivity index (χ2n) is 6.77. The highest BCUT2D eigenvalue weighted by Gasteiger charge is 2.20. The average molecular weight is 326 g/mol. The van der Waals surface area contributed by atoms with Gasteiger partial charge in [0.25, 0.3) is 0 Å². The van der Waals surface area contributed by atoms with Crippen LogP contribution >= 0.6 is 0 Å². The summed E-state index contributed by atoms with van der Waals surface area (Å²) in [5.41, 5.74) is 2.62. The third kappa shape index (κ3) is 5.01. The van der Waals surface area contributed by atoms with Gasteiger partial charge in [0, 0.05) is 23.3 Å². The fourth-order valence-electron chi connectivity index (χ4n) is 2.24. The Labute approximate surface area is 144 Å². The molecule has 0 radical (unpaired) electrons. The van der Waals surface area contributed by atoms with Gasteiger partial charge in [-0.2, -0.15) is 0 Å². The molecule has 0 bridgehead atoms. The van der Waals surface area contributed by atoms with Crippen LogP contribution in [0.15, 0.2) is 48.5 Å². The summed E-state index contributed by atoms with van der Waals surface area (Å²) < 4.78 is 5.36. The van der Waals surface area contributed by atoms with Crippen LogP contribution in [0.3, 0.4) is 0 Å². The second-order valence-corrected chi connectivity index (χ2v) is 6.77. The monoisotopic (exact) mass is 326 g/mol. The van der Waals surface area contributed by atoms with Crippen LogP contribution in [-0.4, -0.2) is 19.6 Å². The van der Waals surface area contributed by atoms with Gasteiger partial charge in [0.1, 0.15) is 5.75 Å². The van der Waals surface area contributed by atoms with Gasteiger partial charge in [-0.25, -0.2) is 0 Å². The fraction of sp³-hybridized carbons (Fsp3) is 0.350. The summed E-state index contributed by atoms with van der Waals surface area (Å²) in [4.78, 5) is 12.0. The number of carbonyl (C=O) groups excluding carboxylic acids is 1. The molecule has 0 saturated carbocycles. The molecule has 1 amide bonds. The maximum Gasteiger partial charge on any atom is 0.229 e. The number of para-hydroxylation sites is 1. The Balaban J connectivity index is 1.87. The van der Waals surface area contributed by atoms with Crippen molar-refractivity contribution in [3.63, 3.8) is 0 Å². The summed E-state index contributed by atoms with van der Waals surface area (Å²) in [6, 6.07) is 15.8. The number of ether oxygens (including phenoxy) is 1. The Morgan fingerprint density at radius 3 is 2.25 bits per heavy atom. The molecule has 0 aliphatic carbocycles. The van der Waals surface area contributed by atoms with Crippen LogP contribution in [0.4, 0.5) is 11.4 Å². The quantitative estimate of drug-likeness (QED) is 0.830. The molecule has 0 aromatic heterocycles. The Morgan fingerprint density at radius 1 is 1.00 bits per heavy atom. The molecule has 2 aromatic rings. The summed E-state index contributed by atoms with van der Waals surface area (Å²) in [6.45, 7) is 6.51. The lowest BCUT2D eigenvalue weighted by molar-refractivity contribution is -0.123. The maximum atomic E-state index is 12.0. The first-order valence-corrected chi connectivity index (χ1v) is 8.17. The number of benzene rings is 2. The molecule has 0 heterocycles. The molecule has 24 heavy (non-hydrogen) atoms. The van der Waals surface area contributed by atoms with E-state index < -0.39 is 5.41 Å². The normalized spacial score (nSPS) is 11.0. The van der Waals surface area contributed by atoms with Crippen LogP contribution in [-0.2, 0) is 11.2 Å². The fourth-order valence-corrected chi connectivity index (χ4v) is 2.24. The van der Waals surface area contributed by atoms with Crippen LogP contribution in [0.1, 0.15) is 26.3 Å². The number of hydrogen-bond acceptors (Lipinski definition) is 3. The van der Waals surface area contributed by atoms with Crippen LogP contribution in [0, 0.1) is 5.41 Å². The minimum Gasteiger partial charge on any atom is -0.496 e. The minimum absolute atomic E-state index is 0.0133. The van der Waals surface area contributed by atoms with E-state index in [1.807, 2.05) is 63.2 Å². The molecule has 2 aromatic carbocycles.